The molecule has 1 aromatic rings. The summed E-state index contributed by atoms with van der Waals surface area (Å²) in [5.74, 6) is 0.957. The Morgan fingerprint density at radius 3 is 2.64 bits per heavy atom. The van der Waals surface area contributed by atoms with E-state index in [1.165, 1.54) is 0 Å². The number of carbonyl (C=O) groups excluding carboxylic acids is 1. The molecule has 14 heavy (non-hydrogen) atoms. The quantitative estimate of drug-likeness (QED) is 0.766. The largest absolute Gasteiger partial charge is 0.365 e. The van der Waals surface area contributed by atoms with Crippen molar-refractivity contribution < 1.29 is 4.79 Å². The molecule has 0 amide bonds. The molecule has 0 aliphatic carbocycles. The number of Topliss-reactive ketones (excluding diaryl/α,β-unsaturated/α-hetero) is 1. The van der Waals surface area contributed by atoms with Gasteiger partial charge in [0.2, 0.25) is 0 Å². The predicted molar refractivity (Wildman–Crippen MR) is 58.1 cm³/mol. The lowest BCUT2D eigenvalue weighted by atomic mass is 9.86. The maximum atomic E-state index is 11.7. The van der Waals surface area contributed by atoms with E-state index < -0.39 is 0 Å². The first-order valence-electron chi connectivity index (χ1n) is 5.30. The third-order valence-electron chi connectivity index (χ3n) is 2.67. The molecule has 0 spiro atoms. The van der Waals surface area contributed by atoms with Gasteiger partial charge in [0.05, 0.1) is 0 Å². The molecule has 0 aromatic carbocycles. The summed E-state index contributed by atoms with van der Waals surface area (Å²) in [5.41, 5.74) is 1.16. The second-order valence-corrected chi connectivity index (χ2v) is 4.07. The van der Waals surface area contributed by atoms with Gasteiger partial charge in [-0.2, -0.15) is 0 Å². The van der Waals surface area contributed by atoms with Crippen LogP contribution in [0.4, 0.5) is 0 Å². The molecule has 1 atom stereocenters. The molecule has 1 heterocycles. The molecular weight excluding hydrogens is 174 g/mol. The number of ketones is 1. The van der Waals surface area contributed by atoms with Crippen LogP contribution in [0.25, 0.3) is 0 Å². The lowest BCUT2D eigenvalue weighted by molar-refractivity contribution is -0.123. The van der Waals surface area contributed by atoms with Gasteiger partial charge in [0.25, 0.3) is 0 Å². The summed E-state index contributed by atoms with van der Waals surface area (Å²) < 4.78 is 0. The van der Waals surface area contributed by atoms with Gasteiger partial charge < -0.3 is 4.98 Å². The number of H-pyrrole nitrogens is 1. The van der Waals surface area contributed by atoms with Crippen LogP contribution in [0.3, 0.4) is 0 Å². The minimum Gasteiger partial charge on any atom is -0.365 e. The Balaban J connectivity index is 2.65. The Morgan fingerprint density at radius 1 is 1.50 bits per heavy atom. The highest BCUT2D eigenvalue weighted by molar-refractivity contribution is 5.81. The fraction of sp³-hybridized carbons (Fsp3) is 0.583. The van der Waals surface area contributed by atoms with Crippen LogP contribution >= 0.6 is 0 Å². The molecule has 1 unspecified atom stereocenters. The second-order valence-electron chi connectivity index (χ2n) is 4.07. The Bertz CT molecular complexity index is 275. The number of rotatable bonds is 5. The van der Waals surface area contributed by atoms with Crippen molar-refractivity contribution in [1.29, 1.82) is 0 Å². The first kappa shape index (κ1) is 11.0. The van der Waals surface area contributed by atoms with Crippen LogP contribution in [0.15, 0.2) is 18.3 Å². The molecule has 0 saturated carbocycles. The molecule has 0 radical (unpaired) electrons. The van der Waals surface area contributed by atoms with Crippen molar-refractivity contribution in [1.82, 2.24) is 4.98 Å². The normalized spacial score (nSPS) is 13.1. The summed E-state index contributed by atoms with van der Waals surface area (Å²) >= 11 is 0. The van der Waals surface area contributed by atoms with Gasteiger partial charge in [0.1, 0.15) is 5.78 Å². The standard InChI is InChI=1S/C12H19NO/c1-4-12(14)11(9(2)3)8-10-6-5-7-13-10/h5-7,9,11,13H,4,8H2,1-3H3. The van der Waals surface area contributed by atoms with Crippen LogP contribution in [-0.2, 0) is 11.2 Å². The highest BCUT2D eigenvalue weighted by atomic mass is 16.1. The van der Waals surface area contributed by atoms with Gasteiger partial charge >= 0.3 is 0 Å². The van der Waals surface area contributed by atoms with Crippen molar-refractivity contribution in [2.45, 2.75) is 33.6 Å². The van der Waals surface area contributed by atoms with Crippen molar-refractivity contribution in [3.63, 3.8) is 0 Å². The number of hydrogen-bond donors (Lipinski definition) is 1. The monoisotopic (exact) mass is 193 g/mol. The van der Waals surface area contributed by atoms with Crippen molar-refractivity contribution >= 4 is 5.78 Å². The molecule has 0 bridgehead atoms. The van der Waals surface area contributed by atoms with E-state index in [0.29, 0.717) is 18.1 Å². The molecule has 78 valence electrons. The number of aromatic amines is 1. The summed E-state index contributed by atoms with van der Waals surface area (Å²) in [6, 6.07) is 4.02. The average molecular weight is 193 g/mol. The maximum absolute atomic E-state index is 11.7. The summed E-state index contributed by atoms with van der Waals surface area (Å²) in [5, 5.41) is 0. The molecule has 0 fully saturated rings. The summed E-state index contributed by atoms with van der Waals surface area (Å²) in [6.45, 7) is 6.16. The molecular formula is C12H19NO. The van der Waals surface area contributed by atoms with E-state index in [1.54, 1.807) is 0 Å². The van der Waals surface area contributed by atoms with E-state index >= 15 is 0 Å². The highest BCUT2D eigenvalue weighted by Crippen LogP contribution is 2.18. The Labute approximate surface area is 85.7 Å². The van der Waals surface area contributed by atoms with E-state index in [9.17, 15) is 4.79 Å². The van der Waals surface area contributed by atoms with Crippen LogP contribution in [-0.4, -0.2) is 10.8 Å². The Kier molecular flexibility index (Phi) is 3.93. The third kappa shape index (κ3) is 2.72. The van der Waals surface area contributed by atoms with Crippen molar-refractivity contribution in [3.05, 3.63) is 24.0 Å². The van der Waals surface area contributed by atoms with Crippen molar-refractivity contribution in [2.75, 3.05) is 0 Å². The van der Waals surface area contributed by atoms with Gasteiger partial charge in [0.15, 0.2) is 0 Å². The molecule has 0 aliphatic rings. The summed E-state index contributed by atoms with van der Waals surface area (Å²) in [4.78, 5) is 14.8. The van der Waals surface area contributed by atoms with E-state index in [2.05, 4.69) is 18.8 Å². The summed E-state index contributed by atoms with van der Waals surface area (Å²) in [6.07, 6.45) is 3.39. The maximum Gasteiger partial charge on any atom is 0.136 e. The van der Waals surface area contributed by atoms with Gasteiger partial charge in [-0.25, -0.2) is 0 Å². The number of nitrogens with one attached hydrogen (secondary N) is 1. The van der Waals surface area contributed by atoms with E-state index in [1.807, 2.05) is 25.3 Å². The summed E-state index contributed by atoms with van der Waals surface area (Å²) in [7, 11) is 0. The molecule has 0 saturated heterocycles. The van der Waals surface area contributed by atoms with Crippen LogP contribution in [0.5, 0.6) is 0 Å². The predicted octanol–water partition coefficient (Wildman–Crippen LogP) is 2.81. The van der Waals surface area contributed by atoms with Gasteiger partial charge in [-0.3, -0.25) is 4.79 Å². The zero-order valence-electron chi connectivity index (χ0n) is 9.21. The van der Waals surface area contributed by atoms with Crippen molar-refractivity contribution in [3.8, 4) is 0 Å². The Hall–Kier alpha value is -1.05. The first-order valence-corrected chi connectivity index (χ1v) is 5.30. The number of hydrogen-bond acceptors (Lipinski definition) is 1. The van der Waals surface area contributed by atoms with E-state index in [0.717, 1.165) is 12.1 Å². The fourth-order valence-corrected chi connectivity index (χ4v) is 1.71. The van der Waals surface area contributed by atoms with Gasteiger partial charge in [-0.1, -0.05) is 20.8 Å². The molecule has 1 aromatic heterocycles. The lowest BCUT2D eigenvalue weighted by Crippen LogP contribution is -2.22. The molecule has 0 aliphatic heterocycles. The van der Waals surface area contributed by atoms with Crippen LogP contribution in [0.2, 0.25) is 0 Å². The number of aromatic nitrogens is 1. The number of carbonyl (C=O) groups is 1. The lowest BCUT2D eigenvalue weighted by Gasteiger charge is -2.18. The minimum absolute atomic E-state index is 0.165. The van der Waals surface area contributed by atoms with Gasteiger partial charge in [-0.15, -0.1) is 0 Å². The zero-order valence-corrected chi connectivity index (χ0v) is 9.21. The molecule has 2 heteroatoms. The van der Waals surface area contributed by atoms with Crippen LogP contribution < -0.4 is 0 Å². The molecule has 2 nitrogen and oxygen atoms in total. The van der Waals surface area contributed by atoms with E-state index in [4.69, 9.17) is 0 Å². The minimum atomic E-state index is 0.165. The van der Waals surface area contributed by atoms with Crippen molar-refractivity contribution in [2.24, 2.45) is 11.8 Å². The zero-order chi connectivity index (χ0) is 10.6. The second kappa shape index (κ2) is 4.99. The van der Waals surface area contributed by atoms with Crippen LogP contribution in [0, 0.1) is 11.8 Å². The topological polar surface area (TPSA) is 32.9 Å². The molecule has 1 rings (SSSR count). The first-order chi connectivity index (χ1) is 6.65. The fourth-order valence-electron chi connectivity index (χ4n) is 1.71. The smallest absolute Gasteiger partial charge is 0.136 e. The highest BCUT2D eigenvalue weighted by Gasteiger charge is 2.20. The third-order valence-corrected chi connectivity index (χ3v) is 2.67. The average Bonchev–Trinajstić information content (AvgIpc) is 2.65. The van der Waals surface area contributed by atoms with Gasteiger partial charge in [0, 0.05) is 24.2 Å². The Morgan fingerprint density at radius 2 is 2.21 bits per heavy atom. The molecule has 1 N–H and O–H groups in total. The SMILES string of the molecule is CCC(=O)C(Cc1ccc[nH]1)C(C)C. The van der Waals surface area contributed by atoms with Gasteiger partial charge in [-0.05, 0) is 24.5 Å². The van der Waals surface area contributed by atoms with E-state index in [-0.39, 0.29) is 5.92 Å². The van der Waals surface area contributed by atoms with Crippen LogP contribution in [0.1, 0.15) is 32.9 Å².